The zero-order valence-corrected chi connectivity index (χ0v) is 9.55. The number of carbonyl (C=O) groups is 2. The van der Waals surface area contributed by atoms with Crippen LogP contribution in [0.1, 0.15) is 11.6 Å². The van der Waals surface area contributed by atoms with Crippen LogP contribution in [0.15, 0.2) is 30.3 Å². The van der Waals surface area contributed by atoms with Crippen LogP contribution >= 0.6 is 0 Å². The number of benzene rings is 1. The van der Waals surface area contributed by atoms with E-state index < -0.39 is 5.97 Å². The van der Waals surface area contributed by atoms with Gasteiger partial charge in [0.1, 0.15) is 6.54 Å². The number of methoxy groups -OCH3 is 1. The molecule has 0 aliphatic carbocycles. The van der Waals surface area contributed by atoms with Crippen LogP contribution in [0.3, 0.4) is 0 Å². The zero-order chi connectivity index (χ0) is 12.3. The molecule has 2 amide bonds. The van der Waals surface area contributed by atoms with Gasteiger partial charge in [0.25, 0.3) is 0 Å². The smallest absolute Gasteiger partial charge is 0.325 e. The summed E-state index contributed by atoms with van der Waals surface area (Å²) in [6.07, 6.45) is 0. The molecule has 1 aliphatic rings. The van der Waals surface area contributed by atoms with Gasteiger partial charge in [-0.1, -0.05) is 30.3 Å². The summed E-state index contributed by atoms with van der Waals surface area (Å²) in [5.74, 6) is -0.408. The Bertz CT molecular complexity index is 419. The molecule has 1 N–H and O–H groups in total. The number of ether oxygens (including phenoxy) is 1. The van der Waals surface area contributed by atoms with Gasteiger partial charge in [-0.05, 0) is 5.56 Å². The van der Waals surface area contributed by atoms with Crippen molar-refractivity contribution in [3.8, 4) is 0 Å². The molecule has 5 nitrogen and oxygen atoms in total. The summed E-state index contributed by atoms with van der Waals surface area (Å²) in [5.41, 5.74) is 1.04. The van der Waals surface area contributed by atoms with E-state index in [1.54, 1.807) is 0 Å². The SMILES string of the molecule is COC(=O)CN1CC(c2ccccc2)NC1=O. The summed E-state index contributed by atoms with van der Waals surface area (Å²) < 4.78 is 4.54. The maximum absolute atomic E-state index is 11.6. The number of hydrogen-bond acceptors (Lipinski definition) is 3. The van der Waals surface area contributed by atoms with Crippen LogP contribution in [0, 0.1) is 0 Å². The number of esters is 1. The number of nitrogens with zero attached hydrogens (tertiary/aromatic N) is 1. The van der Waals surface area contributed by atoms with E-state index >= 15 is 0 Å². The molecule has 1 atom stereocenters. The van der Waals surface area contributed by atoms with Gasteiger partial charge in [0, 0.05) is 6.54 Å². The lowest BCUT2D eigenvalue weighted by Crippen LogP contribution is -2.33. The zero-order valence-electron chi connectivity index (χ0n) is 9.55. The van der Waals surface area contributed by atoms with Gasteiger partial charge in [-0.25, -0.2) is 4.79 Å². The van der Waals surface area contributed by atoms with Crippen molar-refractivity contribution in [2.24, 2.45) is 0 Å². The van der Waals surface area contributed by atoms with Crippen molar-refractivity contribution in [3.63, 3.8) is 0 Å². The van der Waals surface area contributed by atoms with E-state index in [0.29, 0.717) is 6.54 Å². The third kappa shape index (κ3) is 2.55. The van der Waals surface area contributed by atoms with Gasteiger partial charge >= 0.3 is 12.0 Å². The highest BCUT2D eigenvalue weighted by Gasteiger charge is 2.30. The lowest BCUT2D eigenvalue weighted by molar-refractivity contribution is -0.141. The van der Waals surface area contributed by atoms with Gasteiger partial charge in [0.05, 0.1) is 13.2 Å². The quantitative estimate of drug-likeness (QED) is 0.791. The van der Waals surface area contributed by atoms with Crippen molar-refractivity contribution in [1.82, 2.24) is 10.2 Å². The molecule has 90 valence electrons. The lowest BCUT2D eigenvalue weighted by atomic mass is 10.1. The molecule has 17 heavy (non-hydrogen) atoms. The number of urea groups is 1. The van der Waals surface area contributed by atoms with E-state index in [9.17, 15) is 9.59 Å². The molecule has 1 fully saturated rings. The van der Waals surface area contributed by atoms with E-state index in [2.05, 4.69) is 10.1 Å². The molecule has 1 aromatic carbocycles. The molecule has 0 radical (unpaired) electrons. The van der Waals surface area contributed by atoms with Crippen LogP contribution in [-0.2, 0) is 9.53 Å². The predicted octanol–water partition coefficient (Wildman–Crippen LogP) is 0.926. The van der Waals surface area contributed by atoms with Crippen molar-refractivity contribution in [3.05, 3.63) is 35.9 Å². The molecule has 2 rings (SSSR count). The van der Waals surface area contributed by atoms with Gasteiger partial charge < -0.3 is 15.0 Å². The van der Waals surface area contributed by atoms with Crippen molar-refractivity contribution in [1.29, 1.82) is 0 Å². The fourth-order valence-electron chi connectivity index (χ4n) is 1.82. The molecule has 1 aliphatic heterocycles. The summed E-state index contributed by atoms with van der Waals surface area (Å²) >= 11 is 0. The summed E-state index contributed by atoms with van der Waals surface area (Å²) in [6, 6.07) is 9.37. The van der Waals surface area contributed by atoms with Crippen LogP contribution in [0.5, 0.6) is 0 Å². The molecule has 0 aromatic heterocycles. The minimum atomic E-state index is -0.408. The van der Waals surface area contributed by atoms with Gasteiger partial charge in [-0.2, -0.15) is 0 Å². The van der Waals surface area contributed by atoms with Gasteiger partial charge in [-0.15, -0.1) is 0 Å². The highest BCUT2D eigenvalue weighted by atomic mass is 16.5. The number of hydrogen-bond donors (Lipinski definition) is 1. The lowest BCUT2D eigenvalue weighted by Gasteiger charge is -2.12. The minimum Gasteiger partial charge on any atom is -0.468 e. The fraction of sp³-hybridized carbons (Fsp3) is 0.333. The standard InChI is InChI=1S/C12H14N2O3/c1-17-11(15)8-14-7-10(13-12(14)16)9-5-3-2-4-6-9/h2-6,10H,7-8H2,1H3,(H,13,16). The average Bonchev–Trinajstić information content (AvgIpc) is 2.72. The van der Waals surface area contributed by atoms with Crippen LogP contribution in [-0.4, -0.2) is 37.1 Å². The van der Waals surface area contributed by atoms with E-state index in [1.165, 1.54) is 12.0 Å². The molecule has 1 saturated heterocycles. The van der Waals surface area contributed by atoms with Crippen LogP contribution in [0.25, 0.3) is 0 Å². The maximum Gasteiger partial charge on any atom is 0.325 e. The fourth-order valence-corrected chi connectivity index (χ4v) is 1.82. The third-order valence-electron chi connectivity index (χ3n) is 2.74. The Labute approximate surface area is 99.4 Å². The van der Waals surface area contributed by atoms with E-state index in [1.807, 2.05) is 30.3 Å². The molecule has 0 spiro atoms. The predicted molar refractivity (Wildman–Crippen MR) is 61.3 cm³/mol. The van der Waals surface area contributed by atoms with E-state index in [0.717, 1.165) is 5.56 Å². The highest BCUT2D eigenvalue weighted by molar-refractivity contribution is 5.82. The first kappa shape index (κ1) is 11.4. The topological polar surface area (TPSA) is 58.6 Å². The largest absolute Gasteiger partial charge is 0.468 e. The first-order valence-corrected chi connectivity index (χ1v) is 5.38. The average molecular weight is 234 g/mol. The van der Waals surface area contributed by atoms with Crippen molar-refractivity contribution in [2.45, 2.75) is 6.04 Å². The normalized spacial score (nSPS) is 19.0. The van der Waals surface area contributed by atoms with Gasteiger partial charge in [0.2, 0.25) is 0 Å². The summed E-state index contributed by atoms with van der Waals surface area (Å²) in [4.78, 5) is 24.2. The van der Waals surface area contributed by atoms with Gasteiger partial charge in [0.15, 0.2) is 0 Å². The molecule has 0 bridgehead atoms. The Kier molecular flexibility index (Phi) is 3.27. The molecule has 1 unspecified atom stereocenters. The Morgan fingerprint density at radius 1 is 1.47 bits per heavy atom. The summed E-state index contributed by atoms with van der Waals surface area (Å²) in [7, 11) is 1.31. The Balaban J connectivity index is 2.02. The molecular formula is C12H14N2O3. The van der Waals surface area contributed by atoms with Crippen molar-refractivity contribution < 1.29 is 14.3 Å². The highest BCUT2D eigenvalue weighted by Crippen LogP contribution is 2.19. The molecular weight excluding hydrogens is 220 g/mol. The third-order valence-corrected chi connectivity index (χ3v) is 2.74. The Hall–Kier alpha value is -2.04. The minimum absolute atomic E-state index is 0.00827. The molecule has 0 saturated carbocycles. The Morgan fingerprint density at radius 3 is 2.82 bits per heavy atom. The first-order valence-electron chi connectivity index (χ1n) is 5.38. The number of rotatable bonds is 3. The summed E-state index contributed by atoms with van der Waals surface area (Å²) in [5, 5.41) is 2.83. The van der Waals surface area contributed by atoms with Crippen LogP contribution in [0.2, 0.25) is 0 Å². The molecule has 1 heterocycles. The second-order valence-corrected chi connectivity index (χ2v) is 3.87. The molecule has 1 aromatic rings. The van der Waals surface area contributed by atoms with Crippen molar-refractivity contribution >= 4 is 12.0 Å². The summed E-state index contributed by atoms with van der Waals surface area (Å²) in [6.45, 7) is 0.476. The Morgan fingerprint density at radius 2 is 2.18 bits per heavy atom. The van der Waals surface area contributed by atoms with Crippen LogP contribution < -0.4 is 5.32 Å². The van der Waals surface area contributed by atoms with Crippen molar-refractivity contribution in [2.75, 3.05) is 20.2 Å². The second-order valence-electron chi connectivity index (χ2n) is 3.87. The van der Waals surface area contributed by atoms with Crippen LogP contribution in [0.4, 0.5) is 4.79 Å². The maximum atomic E-state index is 11.6. The number of nitrogens with one attached hydrogen (secondary N) is 1. The van der Waals surface area contributed by atoms with Gasteiger partial charge in [-0.3, -0.25) is 4.79 Å². The van der Waals surface area contributed by atoms with E-state index in [-0.39, 0.29) is 18.6 Å². The number of amides is 2. The second kappa shape index (κ2) is 4.86. The monoisotopic (exact) mass is 234 g/mol. The molecule has 5 heteroatoms. The number of carbonyl (C=O) groups excluding carboxylic acids is 2. The van der Waals surface area contributed by atoms with E-state index in [4.69, 9.17) is 0 Å². The first-order chi connectivity index (χ1) is 8.20.